The van der Waals surface area contributed by atoms with E-state index in [0.717, 1.165) is 0 Å². The minimum atomic E-state index is -3.63. The molecule has 0 unspecified atom stereocenters. The molecule has 72 valence electrons. The van der Waals surface area contributed by atoms with Gasteiger partial charge < -0.3 is 42.2 Å². The molecule has 0 spiro atoms. The molecule has 0 aliphatic rings. The average Bonchev–Trinajstić information content (AvgIpc) is 1.54. The van der Waals surface area contributed by atoms with Crippen LogP contribution in [0.3, 0.4) is 0 Å². The summed E-state index contributed by atoms with van der Waals surface area (Å²) in [6.07, 6.45) is 0. The molecule has 0 bridgehead atoms. The van der Waals surface area contributed by atoms with Crippen LogP contribution in [0.4, 0.5) is 0 Å². The summed E-state index contributed by atoms with van der Waals surface area (Å²) in [6, 6.07) is 0. The smallest absolute Gasteiger partial charge is 0.672 e. The van der Waals surface area contributed by atoms with Crippen LogP contribution in [0, 0.1) is 0 Å². The van der Waals surface area contributed by atoms with E-state index in [1.165, 1.54) is 0 Å². The number of rotatable bonds is 0. The van der Waals surface area contributed by atoms with E-state index in [2.05, 4.69) is 0 Å². The van der Waals surface area contributed by atoms with Crippen LogP contribution in [0.15, 0.2) is 0 Å². The fourth-order valence-electron chi connectivity index (χ4n) is 0. The Kier molecular flexibility index (Phi) is 96.5. The third-order valence-corrected chi connectivity index (χ3v) is 0. The first kappa shape index (κ1) is 42.8. The van der Waals surface area contributed by atoms with Gasteiger partial charge in [0.2, 0.25) is 0 Å². The van der Waals surface area contributed by atoms with Crippen LogP contribution in [-0.2, 0) is 13.4 Å². The molecule has 0 saturated carbocycles. The van der Waals surface area contributed by atoms with Crippen LogP contribution in [0.1, 0.15) is 0 Å². The number of hydrogen-bond donors (Lipinski definition) is 0. The number of hydrogen-bond acceptors (Lipinski definition) is 9. The first-order valence-corrected chi connectivity index (χ1v) is 5.51. The normalized spacial score (nSPS) is 4.50. The Bertz CT molecular complexity index is 126. The molecular weight excluding hydrogens is 339 g/mol. The van der Waals surface area contributed by atoms with E-state index in [1.807, 2.05) is 0 Å². The second-order valence-corrected chi connectivity index (χ2v) is 2.25. The summed E-state index contributed by atoms with van der Waals surface area (Å²) in [5.74, 6) is 0. The Morgan fingerprint density at radius 1 is 0.562 bits per heavy atom. The summed E-state index contributed by atoms with van der Waals surface area (Å²) in [4.78, 5) is 51.1. The van der Waals surface area contributed by atoms with Gasteiger partial charge in [-0.3, -0.25) is 0 Å². The molecule has 16 heavy (non-hydrogen) atoms. The third-order valence-electron chi connectivity index (χ3n) is 0. The molecule has 0 N–H and O–H groups in total. The standard InChI is InChI=1S/Ca.Mg.2Na.3O3Si/c;;;;3*1-4(2)3/q2*+2;2*+1;3*-2. The van der Waals surface area contributed by atoms with E-state index in [9.17, 15) is 0 Å². The second-order valence-electron chi connectivity index (χ2n) is 0.750. The van der Waals surface area contributed by atoms with Gasteiger partial charge in [0, 0.05) is 27.5 Å². The van der Waals surface area contributed by atoms with Crippen LogP contribution >= 0.6 is 0 Å². The summed E-state index contributed by atoms with van der Waals surface area (Å²) >= 11 is 0. The fourth-order valence-corrected chi connectivity index (χ4v) is 0. The monoisotopic (exact) mass is 338 g/mol. The topological polar surface area (TPSA) is 190 Å². The van der Waals surface area contributed by atoms with Gasteiger partial charge in [-0.2, -0.15) is 0 Å². The Morgan fingerprint density at radius 2 is 0.562 bits per heavy atom. The van der Waals surface area contributed by atoms with Crippen molar-refractivity contribution < 1.29 is 101 Å². The molecule has 0 aliphatic carbocycles. The minimum Gasteiger partial charge on any atom is -0.672 e. The van der Waals surface area contributed by atoms with Crippen molar-refractivity contribution in [3.05, 3.63) is 0 Å². The van der Waals surface area contributed by atoms with E-state index < -0.39 is 27.5 Å². The average molecular weight is 339 g/mol. The van der Waals surface area contributed by atoms with Gasteiger partial charge in [0.25, 0.3) is 0 Å². The maximum absolute atomic E-state index is 8.52. The van der Waals surface area contributed by atoms with E-state index in [0.29, 0.717) is 0 Å². The van der Waals surface area contributed by atoms with Gasteiger partial charge in [0.1, 0.15) is 0 Å². The quantitative estimate of drug-likeness (QED) is 0.386. The van der Waals surface area contributed by atoms with E-state index in [-0.39, 0.29) is 120 Å². The second kappa shape index (κ2) is 36.1. The molecule has 0 fully saturated rings. The first-order valence-electron chi connectivity index (χ1n) is 1.84. The predicted octanol–water partition coefficient (Wildman–Crippen LogP) is -15.4. The van der Waals surface area contributed by atoms with Gasteiger partial charge in [0.05, 0.1) is 0 Å². The Morgan fingerprint density at radius 3 is 0.562 bits per heavy atom. The van der Waals surface area contributed by atoms with Gasteiger partial charge in [-0.25, -0.2) is 0 Å². The van der Waals surface area contributed by atoms with Gasteiger partial charge in [-0.1, -0.05) is 0 Å². The maximum Gasteiger partial charge on any atom is 2.00 e. The fraction of sp³-hybridized carbons (Fsp3) is 0. The van der Waals surface area contributed by atoms with Crippen molar-refractivity contribution in [1.29, 1.82) is 0 Å². The summed E-state index contributed by atoms with van der Waals surface area (Å²) in [6.45, 7) is 0. The molecule has 9 nitrogen and oxygen atoms in total. The Labute approximate surface area is 186 Å². The van der Waals surface area contributed by atoms with Crippen molar-refractivity contribution in [3.8, 4) is 0 Å². The molecule has 0 radical (unpaired) electrons. The molecule has 16 heteroatoms. The van der Waals surface area contributed by atoms with Crippen molar-refractivity contribution in [2.45, 2.75) is 0 Å². The molecule has 0 aromatic heterocycles. The molecule has 0 heterocycles. The van der Waals surface area contributed by atoms with Crippen LogP contribution in [-0.4, -0.2) is 88.3 Å². The van der Waals surface area contributed by atoms with E-state index in [1.54, 1.807) is 0 Å². The van der Waals surface area contributed by atoms with Crippen molar-refractivity contribution >= 4 is 88.3 Å². The minimum absolute atomic E-state index is 0. The zero-order valence-electron chi connectivity index (χ0n) is 8.59. The zero-order valence-corrected chi connectivity index (χ0v) is 19.2. The summed E-state index contributed by atoms with van der Waals surface area (Å²) < 4.78 is 25.6. The van der Waals surface area contributed by atoms with Crippen LogP contribution in [0.2, 0.25) is 0 Å². The molecule has 0 aliphatic heterocycles. The van der Waals surface area contributed by atoms with Gasteiger partial charge >= 0.3 is 120 Å². The molecule has 0 aromatic carbocycles. The molecule has 0 aromatic rings. The summed E-state index contributed by atoms with van der Waals surface area (Å²) in [5, 5.41) is 0. The molecule has 0 atom stereocenters. The SMILES string of the molecule is O=[Si]([O-])[O-].O=[Si]([O-])[O-].O=[Si]([O-])[O-].[Ca+2].[Mg+2].[Na+].[Na+]. The molecule has 0 amide bonds. The molecule has 0 rings (SSSR count). The Balaban J connectivity index is -0.0000000135. The van der Waals surface area contributed by atoms with Crippen LogP contribution < -0.4 is 87.9 Å². The van der Waals surface area contributed by atoms with E-state index in [4.69, 9.17) is 42.2 Å². The summed E-state index contributed by atoms with van der Waals surface area (Å²) in [7, 11) is -10.9. The zero-order chi connectivity index (χ0) is 10.7. The largest absolute Gasteiger partial charge is 2.00 e. The van der Waals surface area contributed by atoms with Gasteiger partial charge in [-0.15, -0.1) is 0 Å². The Hall–Kier alpha value is 2.88. The predicted molar refractivity (Wildman–Crippen MR) is 30.8 cm³/mol. The maximum atomic E-state index is 8.52. The van der Waals surface area contributed by atoms with Crippen molar-refractivity contribution in [2.24, 2.45) is 0 Å². The van der Waals surface area contributed by atoms with Crippen molar-refractivity contribution in [1.82, 2.24) is 0 Å². The van der Waals surface area contributed by atoms with Crippen LogP contribution in [0.5, 0.6) is 0 Å². The van der Waals surface area contributed by atoms with Gasteiger partial charge in [0.15, 0.2) is 0 Å². The third kappa shape index (κ3) is 514. The van der Waals surface area contributed by atoms with Crippen molar-refractivity contribution in [2.75, 3.05) is 0 Å². The van der Waals surface area contributed by atoms with Gasteiger partial charge in [-0.05, 0) is 0 Å². The molecular formula is CaMgNa2O9Si3. The van der Waals surface area contributed by atoms with E-state index >= 15 is 0 Å². The first-order chi connectivity index (χ1) is 5.20. The molecule has 0 saturated heterocycles. The van der Waals surface area contributed by atoms with Crippen molar-refractivity contribution in [3.63, 3.8) is 0 Å². The summed E-state index contributed by atoms with van der Waals surface area (Å²) in [5.41, 5.74) is 0. The van der Waals surface area contributed by atoms with Crippen LogP contribution in [0.25, 0.3) is 0 Å².